The van der Waals surface area contributed by atoms with Crippen LogP contribution in [0.3, 0.4) is 0 Å². The lowest BCUT2D eigenvalue weighted by atomic mass is 10.2. The number of rotatable bonds is 9. The second-order valence-corrected chi connectivity index (χ2v) is 8.93. The summed E-state index contributed by atoms with van der Waals surface area (Å²) in [5.41, 5.74) is 1.13. The number of carbonyl (C=O) groups excluding carboxylic acids is 1. The molecule has 146 valence electrons. The van der Waals surface area contributed by atoms with Gasteiger partial charge in [-0.25, -0.2) is 8.42 Å². The number of hydrogen-bond donors (Lipinski definition) is 1. The number of hydrogen-bond acceptors (Lipinski definition) is 4. The maximum absolute atomic E-state index is 12.8. The van der Waals surface area contributed by atoms with Crippen molar-refractivity contribution in [3.63, 3.8) is 0 Å². The van der Waals surface area contributed by atoms with Crippen LogP contribution < -0.4 is 5.32 Å². The van der Waals surface area contributed by atoms with Crippen molar-refractivity contribution in [3.05, 3.63) is 54.1 Å². The predicted molar refractivity (Wildman–Crippen MR) is 112 cm³/mol. The fraction of sp³-hybridized carbons (Fsp3) is 0.350. The summed E-state index contributed by atoms with van der Waals surface area (Å²) in [5, 5.41) is 2.84. The van der Waals surface area contributed by atoms with Crippen molar-refractivity contribution >= 4 is 33.4 Å². The molecule has 0 bridgehead atoms. The zero-order valence-electron chi connectivity index (χ0n) is 15.9. The van der Waals surface area contributed by atoms with Crippen LogP contribution in [0.1, 0.15) is 37.0 Å². The van der Waals surface area contributed by atoms with E-state index in [1.165, 1.54) is 16.4 Å². The minimum Gasteiger partial charge on any atom is -0.322 e. The Labute approximate surface area is 166 Å². The van der Waals surface area contributed by atoms with Gasteiger partial charge in [0.1, 0.15) is 0 Å². The molecule has 2 aromatic rings. The smallest absolute Gasteiger partial charge is 0.255 e. The topological polar surface area (TPSA) is 66.5 Å². The third kappa shape index (κ3) is 5.57. The van der Waals surface area contributed by atoms with Crippen LogP contribution in [-0.2, 0) is 10.0 Å². The standard InChI is InChI=1S/C20H26N2O3S2/c1-4-13-22(14-5-2)27(24,25)19-11-9-16(10-12-19)20(23)21-17-7-6-8-18(15-17)26-3/h6-12,15H,4-5,13-14H2,1-3H3,(H,21,23). The van der Waals surface area contributed by atoms with E-state index in [1.54, 1.807) is 23.9 Å². The zero-order chi connectivity index (χ0) is 19.9. The molecule has 0 aliphatic heterocycles. The van der Waals surface area contributed by atoms with Crippen molar-refractivity contribution in [1.29, 1.82) is 0 Å². The van der Waals surface area contributed by atoms with E-state index in [1.807, 2.05) is 44.4 Å². The Bertz CT molecular complexity index is 859. The summed E-state index contributed by atoms with van der Waals surface area (Å²) in [6.45, 7) is 4.89. The van der Waals surface area contributed by atoms with Gasteiger partial charge in [0.25, 0.3) is 5.91 Å². The molecule has 0 aliphatic rings. The number of amides is 1. The lowest BCUT2D eigenvalue weighted by Gasteiger charge is -2.21. The summed E-state index contributed by atoms with van der Waals surface area (Å²) >= 11 is 1.60. The summed E-state index contributed by atoms with van der Waals surface area (Å²) in [7, 11) is -3.54. The Morgan fingerprint density at radius 2 is 1.67 bits per heavy atom. The molecule has 0 radical (unpaired) electrons. The Morgan fingerprint density at radius 1 is 1.04 bits per heavy atom. The molecule has 5 nitrogen and oxygen atoms in total. The lowest BCUT2D eigenvalue weighted by Crippen LogP contribution is -2.32. The summed E-state index contributed by atoms with van der Waals surface area (Å²) in [4.78, 5) is 13.7. The molecule has 0 fully saturated rings. The molecule has 0 spiro atoms. The number of anilines is 1. The van der Waals surface area contributed by atoms with E-state index in [9.17, 15) is 13.2 Å². The Kier molecular flexibility index (Phi) is 7.89. The fourth-order valence-electron chi connectivity index (χ4n) is 2.68. The van der Waals surface area contributed by atoms with Crippen molar-refractivity contribution in [1.82, 2.24) is 4.31 Å². The fourth-order valence-corrected chi connectivity index (χ4v) is 4.77. The summed E-state index contributed by atoms with van der Waals surface area (Å²) in [6, 6.07) is 13.7. The molecule has 0 heterocycles. The van der Waals surface area contributed by atoms with Gasteiger partial charge in [0, 0.05) is 29.2 Å². The van der Waals surface area contributed by atoms with E-state index < -0.39 is 10.0 Å². The number of nitrogens with zero attached hydrogens (tertiary/aromatic N) is 1. The number of thioether (sulfide) groups is 1. The normalized spacial score (nSPS) is 11.6. The highest BCUT2D eigenvalue weighted by Gasteiger charge is 2.23. The summed E-state index contributed by atoms with van der Waals surface area (Å²) in [6.07, 6.45) is 3.49. The number of benzene rings is 2. The van der Waals surface area contributed by atoms with Crippen molar-refractivity contribution in [2.75, 3.05) is 24.7 Å². The molecular weight excluding hydrogens is 380 g/mol. The molecule has 0 atom stereocenters. The first kappa shape index (κ1) is 21.5. The van der Waals surface area contributed by atoms with E-state index in [-0.39, 0.29) is 10.8 Å². The molecule has 2 aromatic carbocycles. The predicted octanol–water partition coefficient (Wildman–Crippen LogP) is 4.47. The monoisotopic (exact) mass is 406 g/mol. The van der Waals surface area contributed by atoms with E-state index in [2.05, 4.69) is 5.32 Å². The highest BCUT2D eigenvalue weighted by Crippen LogP contribution is 2.21. The van der Waals surface area contributed by atoms with Gasteiger partial charge in [-0.2, -0.15) is 4.31 Å². The maximum atomic E-state index is 12.8. The van der Waals surface area contributed by atoms with Gasteiger partial charge in [0.2, 0.25) is 10.0 Å². The second-order valence-electron chi connectivity index (χ2n) is 6.11. The van der Waals surface area contributed by atoms with Gasteiger partial charge in [0.15, 0.2) is 0 Å². The van der Waals surface area contributed by atoms with E-state index >= 15 is 0 Å². The van der Waals surface area contributed by atoms with Gasteiger partial charge >= 0.3 is 0 Å². The van der Waals surface area contributed by atoms with Gasteiger partial charge in [-0.3, -0.25) is 4.79 Å². The van der Waals surface area contributed by atoms with Gasteiger partial charge in [-0.1, -0.05) is 19.9 Å². The van der Waals surface area contributed by atoms with Crippen LogP contribution >= 0.6 is 11.8 Å². The van der Waals surface area contributed by atoms with Crippen LogP contribution in [0.5, 0.6) is 0 Å². The Morgan fingerprint density at radius 3 is 2.22 bits per heavy atom. The minimum absolute atomic E-state index is 0.213. The van der Waals surface area contributed by atoms with Crippen LogP contribution in [-0.4, -0.2) is 38.0 Å². The Hall–Kier alpha value is -1.83. The van der Waals surface area contributed by atoms with Crippen LogP contribution in [0.25, 0.3) is 0 Å². The molecule has 0 saturated heterocycles. The third-order valence-corrected chi connectivity index (χ3v) is 6.67. The SMILES string of the molecule is CCCN(CCC)S(=O)(=O)c1ccc(C(=O)Nc2cccc(SC)c2)cc1. The molecule has 7 heteroatoms. The number of carbonyl (C=O) groups is 1. The zero-order valence-corrected chi connectivity index (χ0v) is 17.6. The summed E-state index contributed by atoms with van der Waals surface area (Å²) in [5.74, 6) is -0.267. The largest absolute Gasteiger partial charge is 0.322 e. The number of sulfonamides is 1. The van der Waals surface area contributed by atoms with Gasteiger partial charge in [0.05, 0.1) is 4.90 Å². The van der Waals surface area contributed by atoms with E-state index in [0.717, 1.165) is 17.7 Å². The van der Waals surface area contributed by atoms with Crippen LogP contribution in [0.4, 0.5) is 5.69 Å². The highest BCUT2D eigenvalue weighted by molar-refractivity contribution is 7.98. The van der Waals surface area contributed by atoms with Crippen LogP contribution in [0.15, 0.2) is 58.3 Å². The molecule has 2 rings (SSSR count). The first-order valence-corrected chi connectivity index (χ1v) is 11.6. The first-order chi connectivity index (χ1) is 12.9. The maximum Gasteiger partial charge on any atom is 0.255 e. The third-order valence-electron chi connectivity index (χ3n) is 4.03. The molecule has 0 aromatic heterocycles. The van der Waals surface area contributed by atoms with Gasteiger partial charge < -0.3 is 5.32 Å². The molecule has 1 amide bonds. The highest BCUT2D eigenvalue weighted by atomic mass is 32.2. The molecular formula is C20H26N2O3S2. The van der Waals surface area contributed by atoms with Crippen molar-refractivity contribution in [3.8, 4) is 0 Å². The number of nitrogens with one attached hydrogen (secondary N) is 1. The average molecular weight is 407 g/mol. The van der Waals surface area contributed by atoms with Crippen molar-refractivity contribution in [2.24, 2.45) is 0 Å². The van der Waals surface area contributed by atoms with Gasteiger partial charge in [-0.15, -0.1) is 11.8 Å². The first-order valence-electron chi connectivity index (χ1n) is 8.98. The molecule has 0 unspecified atom stereocenters. The van der Waals surface area contributed by atoms with Crippen LogP contribution in [0, 0.1) is 0 Å². The van der Waals surface area contributed by atoms with Crippen molar-refractivity contribution < 1.29 is 13.2 Å². The van der Waals surface area contributed by atoms with E-state index in [0.29, 0.717) is 24.3 Å². The quantitative estimate of drug-likeness (QED) is 0.624. The molecule has 1 N–H and O–H groups in total. The minimum atomic E-state index is -3.54. The van der Waals surface area contributed by atoms with E-state index in [4.69, 9.17) is 0 Å². The average Bonchev–Trinajstić information content (AvgIpc) is 2.68. The molecule has 0 saturated carbocycles. The summed E-state index contributed by atoms with van der Waals surface area (Å²) < 4.78 is 27.1. The molecule has 0 aliphatic carbocycles. The second kappa shape index (κ2) is 9.92. The van der Waals surface area contributed by atoms with Crippen molar-refractivity contribution in [2.45, 2.75) is 36.5 Å². The lowest BCUT2D eigenvalue weighted by molar-refractivity contribution is 0.102. The van der Waals surface area contributed by atoms with Crippen LogP contribution in [0.2, 0.25) is 0 Å². The Balaban J connectivity index is 2.16. The molecule has 27 heavy (non-hydrogen) atoms. The van der Waals surface area contributed by atoms with Gasteiger partial charge in [-0.05, 0) is 61.6 Å².